The smallest absolute Gasteiger partial charge is 0.287 e. The number of carbonyl (C=O) groups excluding carboxylic acids is 2. The maximum atomic E-state index is 13.7. The summed E-state index contributed by atoms with van der Waals surface area (Å²) in [5, 5.41) is 6.68. The quantitative estimate of drug-likeness (QED) is 0.518. The molecule has 1 aliphatic rings. The highest BCUT2D eigenvalue weighted by atomic mass is 32.2. The van der Waals surface area contributed by atoms with E-state index in [1.54, 1.807) is 0 Å². The maximum Gasteiger partial charge on any atom is 0.453 e. The van der Waals surface area contributed by atoms with Crippen LogP contribution in [0.15, 0.2) is 23.1 Å². The van der Waals surface area contributed by atoms with Crippen molar-refractivity contribution in [2.45, 2.75) is 29.8 Å². The second-order valence-corrected chi connectivity index (χ2v) is 8.71. The number of alkyl halides is 5. The summed E-state index contributed by atoms with van der Waals surface area (Å²) in [6.07, 6.45) is -4.37. The monoisotopic (exact) mass is 452 g/mol. The first-order chi connectivity index (χ1) is 13.5. The lowest BCUT2D eigenvalue weighted by Crippen LogP contribution is -2.51. The molecule has 1 atom stereocenters. The Balaban J connectivity index is 2.34. The SMILES string of the molecule is CN1C(=O)C(=O)C(c2ccc(C(C)(F)F)cc2S(C)(=O)=O)c2nnc(C(F)(F)F)n21. The molecule has 0 N–H and O–H groups in total. The van der Waals surface area contributed by atoms with Crippen LogP contribution < -0.4 is 5.01 Å². The molecule has 1 amide bonds. The Kier molecular flexibility index (Phi) is 4.76. The van der Waals surface area contributed by atoms with Crippen molar-refractivity contribution in [1.29, 1.82) is 0 Å². The lowest BCUT2D eigenvalue weighted by atomic mass is 9.90. The number of likely N-dealkylation sites (N-methyl/N-ethyl adjacent to an activating group) is 1. The van der Waals surface area contributed by atoms with E-state index in [0.717, 1.165) is 19.2 Å². The van der Waals surface area contributed by atoms with E-state index in [-0.39, 0.29) is 4.68 Å². The van der Waals surface area contributed by atoms with Crippen LogP contribution in [0.2, 0.25) is 0 Å². The second kappa shape index (κ2) is 6.55. The van der Waals surface area contributed by atoms with Gasteiger partial charge in [0.25, 0.3) is 11.7 Å². The number of aromatic nitrogens is 3. The van der Waals surface area contributed by atoms with Gasteiger partial charge in [-0.2, -0.15) is 13.2 Å². The number of nitrogens with zero attached hydrogens (tertiary/aromatic N) is 4. The van der Waals surface area contributed by atoms with Gasteiger partial charge in [0.2, 0.25) is 5.78 Å². The van der Waals surface area contributed by atoms with E-state index < -0.39 is 67.2 Å². The average molecular weight is 452 g/mol. The highest BCUT2D eigenvalue weighted by Crippen LogP contribution is 2.38. The number of hydrogen-bond donors (Lipinski definition) is 0. The number of benzene rings is 1. The zero-order valence-electron chi connectivity index (χ0n) is 15.5. The fraction of sp³-hybridized carbons (Fsp3) is 0.375. The molecule has 0 spiro atoms. The van der Waals surface area contributed by atoms with Gasteiger partial charge in [0.1, 0.15) is 5.92 Å². The van der Waals surface area contributed by atoms with Crippen molar-refractivity contribution in [3.63, 3.8) is 0 Å². The van der Waals surface area contributed by atoms with Gasteiger partial charge in [-0.05, 0) is 11.6 Å². The van der Waals surface area contributed by atoms with Crippen LogP contribution in [0.5, 0.6) is 0 Å². The lowest BCUT2D eigenvalue weighted by molar-refractivity contribution is -0.149. The normalized spacial score (nSPS) is 18.0. The van der Waals surface area contributed by atoms with Crippen LogP contribution in [0, 0.1) is 0 Å². The Morgan fingerprint density at radius 3 is 2.17 bits per heavy atom. The number of halogens is 5. The van der Waals surface area contributed by atoms with Gasteiger partial charge in [0.15, 0.2) is 15.7 Å². The van der Waals surface area contributed by atoms with Gasteiger partial charge < -0.3 is 0 Å². The summed E-state index contributed by atoms with van der Waals surface area (Å²) in [6, 6.07) is 2.30. The van der Waals surface area contributed by atoms with Crippen molar-refractivity contribution in [3.05, 3.63) is 41.0 Å². The van der Waals surface area contributed by atoms with Gasteiger partial charge in [-0.1, -0.05) is 12.1 Å². The standard InChI is InChI=1S/C16H13F5N4O4S/c1-15(17,18)7-4-5-8(9(6-7)30(3,28)29)10-11(26)13(27)24(2)25-12(10)22-23-14(25)16(19,20)21/h4-6,10H,1-3H3. The second-order valence-electron chi connectivity index (χ2n) is 6.73. The summed E-state index contributed by atoms with van der Waals surface area (Å²) in [4.78, 5) is 24.2. The highest BCUT2D eigenvalue weighted by molar-refractivity contribution is 7.90. The van der Waals surface area contributed by atoms with Gasteiger partial charge in [-0.25, -0.2) is 26.9 Å². The minimum atomic E-state index is -5.04. The molecule has 2 heterocycles. The molecule has 0 bridgehead atoms. The molecule has 1 aromatic carbocycles. The number of rotatable bonds is 3. The number of amides is 1. The van der Waals surface area contributed by atoms with Gasteiger partial charge in [0, 0.05) is 25.8 Å². The predicted molar refractivity (Wildman–Crippen MR) is 90.1 cm³/mol. The van der Waals surface area contributed by atoms with E-state index in [1.165, 1.54) is 0 Å². The van der Waals surface area contributed by atoms with Crippen molar-refractivity contribution in [2.75, 3.05) is 18.3 Å². The van der Waals surface area contributed by atoms with Crippen LogP contribution in [0.25, 0.3) is 0 Å². The molecular formula is C16H13F5N4O4S. The molecule has 162 valence electrons. The fourth-order valence-electron chi connectivity index (χ4n) is 3.08. The highest BCUT2D eigenvalue weighted by Gasteiger charge is 2.48. The zero-order valence-corrected chi connectivity index (χ0v) is 16.3. The maximum absolute atomic E-state index is 13.7. The average Bonchev–Trinajstić information content (AvgIpc) is 3.03. The van der Waals surface area contributed by atoms with E-state index in [0.29, 0.717) is 24.3 Å². The largest absolute Gasteiger partial charge is 0.453 e. The first-order valence-electron chi connectivity index (χ1n) is 8.12. The summed E-state index contributed by atoms with van der Waals surface area (Å²) >= 11 is 0. The van der Waals surface area contributed by atoms with Gasteiger partial charge in [-0.3, -0.25) is 9.59 Å². The predicted octanol–water partition coefficient (Wildman–Crippen LogP) is 1.62. The van der Waals surface area contributed by atoms with E-state index >= 15 is 0 Å². The van der Waals surface area contributed by atoms with E-state index in [2.05, 4.69) is 10.2 Å². The number of carbonyl (C=O) groups is 2. The molecule has 1 aromatic heterocycles. The lowest BCUT2D eigenvalue weighted by Gasteiger charge is -2.30. The molecule has 8 nitrogen and oxygen atoms in total. The third-order valence-electron chi connectivity index (χ3n) is 4.47. The Hall–Kier alpha value is -2.90. The molecule has 1 unspecified atom stereocenters. The van der Waals surface area contributed by atoms with Crippen molar-refractivity contribution in [1.82, 2.24) is 14.9 Å². The molecule has 0 aliphatic carbocycles. The molecule has 30 heavy (non-hydrogen) atoms. The van der Waals surface area contributed by atoms with E-state index in [1.807, 2.05) is 0 Å². The minimum absolute atomic E-state index is 0.253. The molecule has 0 saturated carbocycles. The molecule has 14 heteroatoms. The molecule has 1 aliphatic heterocycles. The molecule has 3 rings (SSSR count). The first-order valence-corrected chi connectivity index (χ1v) is 10.0. The number of Topliss-reactive ketones (excluding diaryl/α,β-unsaturated/α-hetero) is 1. The third-order valence-corrected chi connectivity index (χ3v) is 5.63. The Labute approximate surface area is 166 Å². The number of sulfone groups is 1. The number of ketones is 1. The van der Waals surface area contributed by atoms with Gasteiger partial charge >= 0.3 is 12.1 Å². The molecule has 2 aromatic rings. The third kappa shape index (κ3) is 3.44. The number of hydrogen-bond acceptors (Lipinski definition) is 6. The summed E-state index contributed by atoms with van der Waals surface area (Å²) in [6.45, 7) is 0.518. The van der Waals surface area contributed by atoms with Crippen molar-refractivity contribution in [2.24, 2.45) is 0 Å². The zero-order chi connectivity index (χ0) is 22.8. The molecular weight excluding hydrogens is 439 g/mol. The summed E-state index contributed by atoms with van der Waals surface area (Å²) in [5.41, 5.74) is -1.16. The van der Waals surface area contributed by atoms with Crippen molar-refractivity contribution >= 4 is 21.5 Å². The van der Waals surface area contributed by atoms with Crippen LogP contribution >= 0.6 is 0 Å². The topological polar surface area (TPSA) is 102 Å². The van der Waals surface area contributed by atoms with Gasteiger partial charge in [0.05, 0.1) is 4.90 Å². The van der Waals surface area contributed by atoms with Gasteiger partial charge in [-0.15, -0.1) is 10.2 Å². The van der Waals surface area contributed by atoms with Crippen molar-refractivity contribution < 1.29 is 40.0 Å². The van der Waals surface area contributed by atoms with E-state index in [9.17, 15) is 40.0 Å². The van der Waals surface area contributed by atoms with Crippen LogP contribution in [-0.4, -0.2) is 48.3 Å². The van der Waals surface area contributed by atoms with E-state index in [4.69, 9.17) is 0 Å². The minimum Gasteiger partial charge on any atom is -0.287 e. The number of fused-ring (bicyclic) bond motifs is 1. The summed E-state index contributed by atoms with van der Waals surface area (Å²) < 4.78 is 91.9. The Bertz CT molecular complexity index is 1170. The first kappa shape index (κ1) is 21.8. The summed E-state index contributed by atoms with van der Waals surface area (Å²) in [5.74, 6) is -10.3. The van der Waals surface area contributed by atoms with Crippen LogP contribution in [0.3, 0.4) is 0 Å². The van der Waals surface area contributed by atoms with Crippen molar-refractivity contribution in [3.8, 4) is 0 Å². The Morgan fingerprint density at radius 2 is 1.67 bits per heavy atom. The molecule has 0 fully saturated rings. The van der Waals surface area contributed by atoms with Crippen LogP contribution in [0.1, 0.15) is 35.6 Å². The molecule has 0 radical (unpaired) electrons. The van der Waals surface area contributed by atoms with Crippen LogP contribution in [-0.2, 0) is 31.5 Å². The van der Waals surface area contributed by atoms with Crippen LogP contribution in [0.4, 0.5) is 22.0 Å². The molecule has 0 saturated heterocycles. The fourth-order valence-corrected chi connectivity index (χ4v) is 4.04. The Morgan fingerprint density at radius 1 is 1.07 bits per heavy atom. The summed E-state index contributed by atoms with van der Waals surface area (Å²) in [7, 11) is -3.35.